The number of ether oxygens (including phenoxy) is 1. The largest absolute Gasteiger partial charge is 1.00 e. The summed E-state index contributed by atoms with van der Waals surface area (Å²) in [4.78, 5) is 21.5. The molecule has 2 aromatic carbocycles. The summed E-state index contributed by atoms with van der Waals surface area (Å²) in [7, 11) is 0. The van der Waals surface area contributed by atoms with E-state index in [1.165, 1.54) is 0 Å². The van der Waals surface area contributed by atoms with E-state index in [4.69, 9.17) is 0 Å². The maximum atomic E-state index is 13.6. The first kappa shape index (κ1) is 29.2. The van der Waals surface area contributed by atoms with Crippen molar-refractivity contribution in [1.29, 1.82) is 0 Å². The van der Waals surface area contributed by atoms with E-state index in [1.807, 2.05) is 0 Å². The number of halogens is 8. The predicted octanol–water partition coefficient (Wildman–Crippen LogP) is 1.67. The van der Waals surface area contributed by atoms with Crippen molar-refractivity contribution >= 4 is 17.3 Å². The number of nitrogens with zero attached hydrogens (tertiary/aromatic N) is 2. The molecule has 0 unspecified atom stereocenters. The summed E-state index contributed by atoms with van der Waals surface area (Å²) >= 11 is 0. The number of aliphatic hydroxyl groups is 1. The van der Waals surface area contributed by atoms with Gasteiger partial charge in [0, 0.05) is 6.07 Å². The van der Waals surface area contributed by atoms with Crippen LogP contribution in [0.4, 0.5) is 46.5 Å². The van der Waals surface area contributed by atoms with E-state index in [2.05, 4.69) is 10.1 Å². The molecule has 0 fully saturated rings. The third-order valence-electron chi connectivity index (χ3n) is 3.84. The second kappa shape index (κ2) is 10.6. The quantitative estimate of drug-likeness (QED) is 0.159. The minimum Gasteiger partial charge on any atom is -0.624 e. The number of amides is 1. The Labute approximate surface area is 221 Å². The molecule has 0 aliphatic heterocycles. The normalized spacial score (nSPS) is 13.0. The Morgan fingerprint density at radius 3 is 2.00 bits per heavy atom. The predicted molar refractivity (Wildman–Crippen MR) is 88.5 cm³/mol. The number of alkyl halides is 3. The van der Waals surface area contributed by atoms with Crippen molar-refractivity contribution in [3.8, 4) is 5.75 Å². The SMILES string of the molecule is C[C@](O)(COc1c(F)c(F)c(F)c(F)c1F)C(=O)[N-]c1ccc([N+](=O)[O-])c(C(F)(F)F)c1.[K+]. The van der Waals surface area contributed by atoms with Gasteiger partial charge in [0.1, 0.15) is 17.8 Å². The van der Waals surface area contributed by atoms with E-state index >= 15 is 0 Å². The molecule has 0 radical (unpaired) electrons. The molecule has 1 amide bonds. The summed E-state index contributed by atoms with van der Waals surface area (Å²) < 4.78 is 110. The Bertz CT molecular complexity index is 1070. The van der Waals surface area contributed by atoms with Crippen molar-refractivity contribution in [2.24, 2.45) is 0 Å². The molecule has 7 nitrogen and oxygen atoms in total. The summed E-state index contributed by atoms with van der Waals surface area (Å²) in [6, 6.07) is 1.18. The van der Waals surface area contributed by atoms with Crippen LogP contribution in [-0.2, 0) is 11.0 Å². The van der Waals surface area contributed by atoms with Crippen molar-refractivity contribution in [3.05, 3.63) is 68.3 Å². The Morgan fingerprint density at radius 1 is 1.06 bits per heavy atom. The van der Waals surface area contributed by atoms with E-state index in [0.717, 1.165) is 0 Å². The first-order valence-electron chi connectivity index (χ1n) is 8.06. The van der Waals surface area contributed by atoms with Gasteiger partial charge in [-0.25, -0.2) is 13.2 Å². The first-order chi connectivity index (χ1) is 14.6. The van der Waals surface area contributed by atoms with Gasteiger partial charge in [-0.2, -0.15) is 22.0 Å². The van der Waals surface area contributed by atoms with Crippen LogP contribution in [-0.4, -0.2) is 28.1 Å². The van der Waals surface area contributed by atoms with E-state index < -0.39 is 81.0 Å². The fourth-order valence-corrected chi connectivity index (χ4v) is 2.20. The third kappa shape index (κ3) is 6.39. The van der Waals surface area contributed by atoms with E-state index in [1.54, 1.807) is 0 Å². The molecule has 0 aromatic heterocycles. The van der Waals surface area contributed by atoms with E-state index in [-0.39, 0.29) is 57.5 Å². The van der Waals surface area contributed by atoms with Crippen LogP contribution in [0, 0.1) is 39.2 Å². The van der Waals surface area contributed by atoms with Crippen LogP contribution in [0.2, 0.25) is 0 Å². The van der Waals surface area contributed by atoms with Crippen LogP contribution in [0.5, 0.6) is 5.75 Å². The zero-order valence-corrected chi connectivity index (χ0v) is 19.6. The topological polar surface area (TPSA) is 104 Å². The number of rotatable bonds is 6. The number of carbonyl (C=O) groups excluding carboxylic acids is 1. The second-order valence-electron chi connectivity index (χ2n) is 6.33. The summed E-state index contributed by atoms with van der Waals surface area (Å²) in [6.45, 7) is -0.798. The monoisotopic (exact) mass is 512 g/mol. The van der Waals surface area contributed by atoms with Gasteiger partial charge in [-0.15, -0.1) is 5.69 Å². The Balaban J connectivity index is 0.00000544. The molecular formula is C17H9F8KN2O5. The Morgan fingerprint density at radius 2 is 1.55 bits per heavy atom. The molecule has 0 saturated carbocycles. The molecule has 1 N–H and O–H groups in total. The number of carbonyl (C=O) groups is 1. The number of benzene rings is 2. The minimum atomic E-state index is -5.20. The first-order valence-corrected chi connectivity index (χ1v) is 8.06. The number of nitro groups is 1. The second-order valence-corrected chi connectivity index (χ2v) is 6.33. The molecule has 0 bridgehead atoms. The molecule has 174 valence electrons. The summed E-state index contributed by atoms with van der Waals surface area (Å²) in [5.74, 6) is -15.5. The van der Waals surface area contributed by atoms with Gasteiger partial charge in [0.25, 0.3) is 5.69 Å². The maximum Gasteiger partial charge on any atom is 1.00 e. The standard InChI is InChI=1S/C17H10F8N2O5.K/c1-16(29,5-32-14-12(21)10(19)9(18)11(20)13(14)22)15(28)26-6-2-3-8(27(30)31)7(4-6)17(23,24)25;/h2-4,29H,5H2,1H3,(H,26,28);/q;+1/p-1/t16-;/m0./s1. The number of nitro benzene ring substituents is 1. The van der Waals surface area contributed by atoms with Gasteiger partial charge >= 0.3 is 57.6 Å². The molecule has 0 aliphatic rings. The zero-order valence-electron chi connectivity index (χ0n) is 16.4. The molecule has 2 rings (SSSR count). The summed E-state index contributed by atoms with van der Waals surface area (Å²) in [5, 5.41) is 23.9. The molecule has 0 aliphatic carbocycles. The van der Waals surface area contributed by atoms with Crippen LogP contribution in [0.1, 0.15) is 12.5 Å². The Kier molecular flexibility index (Phi) is 9.37. The maximum absolute atomic E-state index is 13.6. The van der Waals surface area contributed by atoms with Gasteiger partial charge in [0.15, 0.2) is 5.75 Å². The molecule has 16 heteroatoms. The fraction of sp³-hybridized carbons (Fsp3) is 0.235. The number of hydrogen-bond acceptors (Lipinski definition) is 5. The smallest absolute Gasteiger partial charge is 0.624 e. The van der Waals surface area contributed by atoms with Crippen LogP contribution >= 0.6 is 0 Å². The van der Waals surface area contributed by atoms with Crippen LogP contribution in [0.25, 0.3) is 5.32 Å². The van der Waals surface area contributed by atoms with E-state index in [0.29, 0.717) is 19.1 Å². The van der Waals surface area contributed by atoms with Crippen molar-refractivity contribution in [2.75, 3.05) is 6.61 Å². The van der Waals surface area contributed by atoms with Gasteiger partial charge in [0.2, 0.25) is 29.1 Å². The summed E-state index contributed by atoms with van der Waals surface area (Å²) in [6.07, 6.45) is -5.20. The Hall–Kier alpha value is -1.85. The van der Waals surface area contributed by atoms with Gasteiger partial charge < -0.3 is 20.0 Å². The molecule has 0 spiro atoms. The van der Waals surface area contributed by atoms with Crippen molar-refractivity contribution in [1.82, 2.24) is 0 Å². The van der Waals surface area contributed by atoms with Gasteiger partial charge in [-0.05, 0) is 6.92 Å². The average molecular weight is 512 g/mol. The average Bonchev–Trinajstić information content (AvgIpc) is 2.69. The molecular weight excluding hydrogens is 503 g/mol. The fourth-order valence-electron chi connectivity index (χ4n) is 2.20. The van der Waals surface area contributed by atoms with Gasteiger partial charge in [-0.1, -0.05) is 12.1 Å². The molecule has 33 heavy (non-hydrogen) atoms. The molecule has 0 saturated heterocycles. The summed E-state index contributed by atoms with van der Waals surface area (Å²) in [5.41, 5.74) is -6.70. The van der Waals surface area contributed by atoms with E-state index in [9.17, 15) is 55.1 Å². The van der Waals surface area contributed by atoms with Crippen LogP contribution in [0.3, 0.4) is 0 Å². The zero-order chi connectivity index (χ0) is 24.6. The molecule has 0 heterocycles. The number of hydrogen-bond donors (Lipinski definition) is 1. The molecule has 2 aromatic rings. The van der Waals surface area contributed by atoms with Gasteiger partial charge in [-0.3, -0.25) is 10.1 Å². The minimum absolute atomic E-state index is 0. The third-order valence-corrected chi connectivity index (χ3v) is 3.84. The van der Waals surface area contributed by atoms with Crippen LogP contribution < -0.4 is 56.1 Å². The van der Waals surface area contributed by atoms with Crippen molar-refractivity contribution in [3.63, 3.8) is 0 Å². The van der Waals surface area contributed by atoms with Crippen molar-refractivity contribution in [2.45, 2.75) is 18.7 Å². The van der Waals surface area contributed by atoms with Crippen LogP contribution in [0.15, 0.2) is 18.2 Å². The molecule has 1 atom stereocenters. The van der Waals surface area contributed by atoms with Gasteiger partial charge in [0.05, 0.1) is 10.8 Å². The van der Waals surface area contributed by atoms with Crippen molar-refractivity contribution < 1.29 is 106 Å².